The number of hydrogen-bond acceptors (Lipinski definition) is 4. The third kappa shape index (κ3) is 3.83. The zero-order chi connectivity index (χ0) is 15.3. The Morgan fingerprint density at radius 3 is 2.25 bits per heavy atom. The Balaban J connectivity index is 3.25. The van der Waals surface area contributed by atoms with Gasteiger partial charge in [0.25, 0.3) is 5.78 Å². The number of hydrogen-bond donors (Lipinski definition) is 0. The van der Waals surface area contributed by atoms with Crippen LogP contribution in [0, 0.1) is 0 Å². The molecule has 0 unspecified atom stereocenters. The molecule has 1 aromatic rings. The van der Waals surface area contributed by atoms with Crippen molar-refractivity contribution in [2.24, 2.45) is 0 Å². The van der Waals surface area contributed by atoms with Gasteiger partial charge in [0.1, 0.15) is 5.75 Å². The van der Waals surface area contributed by atoms with Crippen molar-refractivity contribution in [3.63, 3.8) is 0 Å². The Kier molecular flexibility index (Phi) is 5.31. The number of ether oxygens (including phenoxy) is 2. The second-order valence-electron chi connectivity index (χ2n) is 5.44. The lowest BCUT2D eigenvalue weighted by Gasteiger charge is -2.20. The van der Waals surface area contributed by atoms with Gasteiger partial charge in [-0.3, -0.25) is 4.79 Å². The van der Waals surface area contributed by atoms with Gasteiger partial charge in [0.2, 0.25) is 0 Å². The number of carbonyl (C=O) groups is 2. The number of ketones is 1. The van der Waals surface area contributed by atoms with Crippen LogP contribution in [0.5, 0.6) is 5.75 Å². The molecule has 0 saturated heterocycles. The van der Waals surface area contributed by atoms with Crippen molar-refractivity contribution < 1.29 is 19.1 Å². The number of esters is 1. The maximum Gasteiger partial charge on any atom is 0.379 e. The minimum absolute atomic E-state index is 0.117. The van der Waals surface area contributed by atoms with Crippen LogP contribution in [0.1, 0.15) is 50.5 Å². The highest BCUT2D eigenvalue weighted by Gasteiger charge is 2.24. The second-order valence-corrected chi connectivity index (χ2v) is 5.44. The van der Waals surface area contributed by atoms with E-state index in [9.17, 15) is 9.59 Å². The summed E-state index contributed by atoms with van der Waals surface area (Å²) in [6.45, 7) is 10.2. The fraction of sp³-hybridized carbons (Fsp3) is 0.500. The molecule has 110 valence electrons. The average Bonchev–Trinajstić information content (AvgIpc) is 2.37. The molecule has 0 N–H and O–H groups in total. The second kappa shape index (κ2) is 6.55. The lowest BCUT2D eigenvalue weighted by Crippen LogP contribution is -2.20. The van der Waals surface area contributed by atoms with E-state index < -0.39 is 11.8 Å². The quantitative estimate of drug-likeness (QED) is 0.472. The summed E-state index contributed by atoms with van der Waals surface area (Å²) in [6.07, 6.45) is 0. The van der Waals surface area contributed by atoms with Crippen LogP contribution in [-0.2, 0) is 14.9 Å². The molecule has 0 amide bonds. The fourth-order valence-electron chi connectivity index (χ4n) is 1.76. The van der Waals surface area contributed by atoms with Gasteiger partial charge in [-0.1, -0.05) is 26.8 Å². The Morgan fingerprint density at radius 1 is 1.10 bits per heavy atom. The van der Waals surface area contributed by atoms with E-state index in [1.54, 1.807) is 19.1 Å². The number of carbonyl (C=O) groups excluding carboxylic acids is 2. The van der Waals surface area contributed by atoms with Gasteiger partial charge in [-0.15, -0.1) is 0 Å². The van der Waals surface area contributed by atoms with E-state index in [1.165, 1.54) is 0 Å². The van der Waals surface area contributed by atoms with Gasteiger partial charge in [0, 0.05) is 0 Å². The number of Topliss-reactive ketones (excluding diaryl/α,β-unsaturated/α-hetero) is 1. The third-order valence-corrected chi connectivity index (χ3v) is 2.85. The molecular weight excluding hydrogens is 256 g/mol. The smallest absolute Gasteiger partial charge is 0.379 e. The summed E-state index contributed by atoms with van der Waals surface area (Å²) in [5, 5.41) is 0. The molecule has 0 saturated carbocycles. The lowest BCUT2D eigenvalue weighted by molar-refractivity contribution is -0.137. The summed E-state index contributed by atoms with van der Waals surface area (Å²) < 4.78 is 10.2. The van der Waals surface area contributed by atoms with Crippen LogP contribution >= 0.6 is 0 Å². The van der Waals surface area contributed by atoms with Gasteiger partial charge in [-0.05, 0) is 37.0 Å². The number of rotatable bonds is 5. The predicted molar refractivity (Wildman–Crippen MR) is 77.3 cm³/mol. The van der Waals surface area contributed by atoms with Crippen molar-refractivity contribution in [3.05, 3.63) is 29.3 Å². The van der Waals surface area contributed by atoms with E-state index in [0.29, 0.717) is 12.4 Å². The Morgan fingerprint density at radius 2 is 1.75 bits per heavy atom. The molecule has 0 spiro atoms. The normalized spacial score (nSPS) is 11.1. The summed E-state index contributed by atoms with van der Waals surface area (Å²) in [4.78, 5) is 23.8. The molecule has 0 aliphatic carbocycles. The first-order chi connectivity index (χ1) is 9.31. The molecule has 0 aliphatic rings. The average molecular weight is 278 g/mol. The predicted octanol–water partition coefficient (Wildman–Crippen LogP) is 3.13. The summed E-state index contributed by atoms with van der Waals surface area (Å²) in [7, 11) is 0. The Bertz CT molecular complexity index is 498. The van der Waals surface area contributed by atoms with Crippen molar-refractivity contribution in [3.8, 4) is 5.75 Å². The zero-order valence-electron chi connectivity index (χ0n) is 12.8. The van der Waals surface area contributed by atoms with E-state index in [1.807, 2.05) is 33.8 Å². The first kappa shape index (κ1) is 16.2. The van der Waals surface area contributed by atoms with Gasteiger partial charge in [0.15, 0.2) is 0 Å². The molecule has 0 aliphatic heterocycles. The van der Waals surface area contributed by atoms with Crippen LogP contribution in [-0.4, -0.2) is 25.0 Å². The maximum atomic E-state index is 12.2. The summed E-state index contributed by atoms with van der Waals surface area (Å²) in [5.74, 6) is -1.10. The minimum atomic E-state index is -0.848. The van der Waals surface area contributed by atoms with Crippen LogP contribution < -0.4 is 4.74 Å². The molecule has 1 rings (SSSR count). The topological polar surface area (TPSA) is 52.6 Å². The molecular formula is C16H22O4. The van der Waals surface area contributed by atoms with Gasteiger partial charge in [-0.2, -0.15) is 0 Å². The highest BCUT2D eigenvalue weighted by atomic mass is 16.5. The molecule has 0 heterocycles. The van der Waals surface area contributed by atoms with Crippen molar-refractivity contribution in [2.45, 2.75) is 40.0 Å². The SMILES string of the molecule is CCOC(=O)C(=O)c1cc(C(C)(C)C)ccc1OCC. The van der Waals surface area contributed by atoms with Gasteiger partial charge < -0.3 is 9.47 Å². The van der Waals surface area contributed by atoms with Crippen molar-refractivity contribution in [1.82, 2.24) is 0 Å². The lowest BCUT2D eigenvalue weighted by atomic mass is 9.85. The highest BCUT2D eigenvalue weighted by molar-refractivity contribution is 6.41. The Labute approximate surface area is 120 Å². The molecule has 4 nitrogen and oxygen atoms in total. The Hall–Kier alpha value is -1.84. The molecule has 1 aromatic carbocycles. The molecule has 0 aromatic heterocycles. The molecule has 0 fully saturated rings. The summed E-state index contributed by atoms with van der Waals surface area (Å²) >= 11 is 0. The van der Waals surface area contributed by atoms with E-state index >= 15 is 0 Å². The van der Waals surface area contributed by atoms with Crippen molar-refractivity contribution >= 4 is 11.8 Å². The molecule has 20 heavy (non-hydrogen) atoms. The van der Waals surface area contributed by atoms with E-state index in [4.69, 9.17) is 9.47 Å². The van der Waals surface area contributed by atoms with Crippen LogP contribution in [0.25, 0.3) is 0 Å². The van der Waals surface area contributed by atoms with Crippen LogP contribution in [0.2, 0.25) is 0 Å². The van der Waals surface area contributed by atoms with Gasteiger partial charge in [-0.25, -0.2) is 4.79 Å². The maximum absolute atomic E-state index is 12.2. The first-order valence-electron chi connectivity index (χ1n) is 6.80. The van der Waals surface area contributed by atoms with Crippen LogP contribution in [0.3, 0.4) is 0 Å². The first-order valence-corrected chi connectivity index (χ1v) is 6.80. The largest absolute Gasteiger partial charge is 0.493 e. The van der Waals surface area contributed by atoms with E-state index in [0.717, 1.165) is 5.56 Å². The van der Waals surface area contributed by atoms with Crippen molar-refractivity contribution in [1.29, 1.82) is 0 Å². The standard InChI is InChI=1S/C16H22O4/c1-6-19-13-9-8-11(16(3,4)5)10-12(13)14(17)15(18)20-7-2/h8-10H,6-7H2,1-5H3. The van der Waals surface area contributed by atoms with E-state index in [2.05, 4.69) is 0 Å². The summed E-state index contributed by atoms with van der Waals surface area (Å²) in [6, 6.07) is 5.35. The zero-order valence-corrected chi connectivity index (χ0v) is 12.8. The highest BCUT2D eigenvalue weighted by Crippen LogP contribution is 2.28. The molecule has 0 bridgehead atoms. The monoisotopic (exact) mass is 278 g/mol. The van der Waals surface area contributed by atoms with Gasteiger partial charge in [0.05, 0.1) is 18.8 Å². The van der Waals surface area contributed by atoms with Crippen LogP contribution in [0.4, 0.5) is 0 Å². The summed E-state index contributed by atoms with van der Waals surface area (Å²) in [5.41, 5.74) is 1.11. The van der Waals surface area contributed by atoms with E-state index in [-0.39, 0.29) is 17.6 Å². The van der Waals surface area contributed by atoms with Gasteiger partial charge >= 0.3 is 5.97 Å². The molecule has 0 radical (unpaired) electrons. The number of benzene rings is 1. The van der Waals surface area contributed by atoms with Crippen LogP contribution in [0.15, 0.2) is 18.2 Å². The molecule has 4 heteroatoms. The van der Waals surface area contributed by atoms with Crippen molar-refractivity contribution in [2.75, 3.05) is 13.2 Å². The minimum Gasteiger partial charge on any atom is -0.493 e. The molecule has 0 atom stereocenters. The third-order valence-electron chi connectivity index (χ3n) is 2.85. The fourth-order valence-corrected chi connectivity index (χ4v) is 1.76.